The van der Waals surface area contributed by atoms with Crippen molar-refractivity contribution < 1.29 is 9.90 Å². The van der Waals surface area contributed by atoms with Crippen LogP contribution < -0.4 is 0 Å². The first-order valence-electron chi connectivity index (χ1n) is 8.33. The topological polar surface area (TPSA) is 58.4 Å². The maximum Gasteiger partial charge on any atom is 0.256 e. The van der Waals surface area contributed by atoms with Crippen molar-refractivity contribution in [3.05, 3.63) is 53.1 Å². The van der Waals surface area contributed by atoms with Gasteiger partial charge in [0.15, 0.2) is 6.10 Å². The number of aliphatic hydroxyl groups excluding tert-OH is 1. The van der Waals surface area contributed by atoms with Gasteiger partial charge in [-0.1, -0.05) is 23.7 Å². The van der Waals surface area contributed by atoms with E-state index in [0.717, 1.165) is 25.2 Å². The minimum Gasteiger partial charge on any atom is -0.378 e. The third-order valence-electron chi connectivity index (χ3n) is 4.68. The van der Waals surface area contributed by atoms with Crippen molar-refractivity contribution in [3.63, 3.8) is 0 Å². The monoisotopic (exact) mass is 347 g/mol. The van der Waals surface area contributed by atoms with Crippen LogP contribution in [0.5, 0.6) is 0 Å². The number of rotatable bonds is 4. The summed E-state index contributed by atoms with van der Waals surface area (Å²) in [6.07, 6.45) is 4.45. The number of aryl methyl sites for hydroxylation is 1. The van der Waals surface area contributed by atoms with Gasteiger partial charge in [0.05, 0.1) is 0 Å². The number of aliphatic hydroxyl groups is 1. The zero-order valence-corrected chi connectivity index (χ0v) is 14.5. The van der Waals surface area contributed by atoms with Crippen LogP contribution in [0.2, 0.25) is 5.02 Å². The molecule has 0 saturated carbocycles. The van der Waals surface area contributed by atoms with Crippen molar-refractivity contribution in [2.24, 2.45) is 0 Å². The molecule has 2 heterocycles. The van der Waals surface area contributed by atoms with Gasteiger partial charge in [-0.15, -0.1) is 0 Å². The van der Waals surface area contributed by atoms with E-state index in [0.29, 0.717) is 29.6 Å². The maximum atomic E-state index is 12.5. The molecule has 1 aliphatic heterocycles. The van der Waals surface area contributed by atoms with Gasteiger partial charge in [-0.05, 0) is 37.5 Å². The fourth-order valence-corrected chi connectivity index (χ4v) is 3.39. The molecule has 5 nitrogen and oxygen atoms in total. The number of carbonyl (C=O) groups is 1. The van der Waals surface area contributed by atoms with Crippen molar-refractivity contribution in [1.29, 1.82) is 0 Å². The molecule has 24 heavy (non-hydrogen) atoms. The molecule has 6 heteroatoms. The Morgan fingerprint density at radius 1 is 1.33 bits per heavy atom. The van der Waals surface area contributed by atoms with E-state index in [1.165, 1.54) is 0 Å². The molecule has 0 radical (unpaired) electrons. The first-order valence-corrected chi connectivity index (χ1v) is 8.71. The summed E-state index contributed by atoms with van der Waals surface area (Å²) in [5.41, 5.74) is 0.577. The van der Waals surface area contributed by atoms with E-state index in [4.69, 9.17) is 11.6 Å². The lowest BCUT2D eigenvalue weighted by molar-refractivity contribution is -0.141. The highest BCUT2D eigenvalue weighted by atomic mass is 35.5. The van der Waals surface area contributed by atoms with Gasteiger partial charge in [-0.25, -0.2) is 4.98 Å². The minimum absolute atomic E-state index is 0.241. The predicted molar refractivity (Wildman–Crippen MR) is 92.9 cm³/mol. The van der Waals surface area contributed by atoms with Gasteiger partial charge in [0.1, 0.15) is 5.82 Å². The highest BCUT2D eigenvalue weighted by Gasteiger charge is 2.29. The first-order chi connectivity index (χ1) is 11.6. The lowest BCUT2D eigenvalue weighted by atomic mass is 9.95. The van der Waals surface area contributed by atoms with Crippen LogP contribution in [0, 0.1) is 0 Å². The van der Waals surface area contributed by atoms with Crippen molar-refractivity contribution in [2.45, 2.75) is 38.3 Å². The third kappa shape index (κ3) is 3.47. The summed E-state index contributed by atoms with van der Waals surface area (Å²) in [5, 5.41) is 10.9. The van der Waals surface area contributed by atoms with Crippen LogP contribution in [-0.2, 0) is 11.3 Å². The summed E-state index contributed by atoms with van der Waals surface area (Å²) in [4.78, 5) is 18.7. The fourth-order valence-electron chi connectivity index (χ4n) is 3.27. The summed E-state index contributed by atoms with van der Waals surface area (Å²) < 4.78 is 2.16. The lowest BCUT2D eigenvalue weighted by Gasteiger charge is -2.33. The summed E-state index contributed by atoms with van der Waals surface area (Å²) in [5.74, 6) is 1.23. The molecule has 3 rings (SSSR count). The van der Waals surface area contributed by atoms with E-state index in [1.807, 2.05) is 12.4 Å². The smallest absolute Gasteiger partial charge is 0.256 e. The number of likely N-dealkylation sites (tertiary alicyclic amines) is 1. The quantitative estimate of drug-likeness (QED) is 0.925. The van der Waals surface area contributed by atoms with E-state index >= 15 is 0 Å². The first kappa shape index (κ1) is 17.0. The Hall–Kier alpha value is -1.85. The van der Waals surface area contributed by atoms with Crippen LogP contribution in [0.4, 0.5) is 0 Å². The number of piperidine rings is 1. The SMILES string of the molecule is CCn1ccnc1C1CCN(C(=O)[C@H](O)c2ccc(Cl)cc2)CC1. The Labute approximate surface area is 146 Å². The number of nitrogens with zero attached hydrogens (tertiary/aromatic N) is 3. The largest absolute Gasteiger partial charge is 0.378 e. The van der Waals surface area contributed by atoms with Gasteiger partial charge in [0.2, 0.25) is 0 Å². The highest BCUT2D eigenvalue weighted by Crippen LogP contribution is 2.28. The average molecular weight is 348 g/mol. The lowest BCUT2D eigenvalue weighted by Crippen LogP contribution is -2.41. The number of hydrogen-bond acceptors (Lipinski definition) is 3. The Morgan fingerprint density at radius 2 is 2.00 bits per heavy atom. The van der Waals surface area contributed by atoms with Crippen LogP contribution >= 0.6 is 11.6 Å². The van der Waals surface area contributed by atoms with Crippen molar-refractivity contribution in [3.8, 4) is 0 Å². The average Bonchev–Trinajstić information content (AvgIpc) is 3.10. The molecule has 0 bridgehead atoms. The van der Waals surface area contributed by atoms with Crippen molar-refractivity contribution in [1.82, 2.24) is 14.5 Å². The number of benzene rings is 1. The van der Waals surface area contributed by atoms with E-state index in [9.17, 15) is 9.90 Å². The number of amides is 1. The predicted octanol–water partition coefficient (Wildman–Crippen LogP) is 3.00. The molecule has 1 saturated heterocycles. The van der Waals surface area contributed by atoms with Crippen LogP contribution in [0.3, 0.4) is 0 Å². The van der Waals surface area contributed by atoms with Gasteiger partial charge in [-0.2, -0.15) is 0 Å². The maximum absolute atomic E-state index is 12.5. The Kier molecular flexibility index (Phi) is 5.21. The zero-order chi connectivity index (χ0) is 17.1. The van der Waals surface area contributed by atoms with Gasteiger partial charge < -0.3 is 14.6 Å². The second-order valence-electron chi connectivity index (χ2n) is 6.13. The molecule has 128 valence electrons. The standard InChI is InChI=1S/C18H22ClN3O2/c1-2-21-12-9-20-17(21)14-7-10-22(11-8-14)18(24)16(23)13-3-5-15(19)6-4-13/h3-6,9,12,14,16,23H,2,7-8,10-11H2,1H3/t16-/m1/s1. The number of halogens is 1. The van der Waals surface area contributed by atoms with Crippen LogP contribution in [-0.4, -0.2) is 38.6 Å². The highest BCUT2D eigenvalue weighted by molar-refractivity contribution is 6.30. The van der Waals surface area contributed by atoms with E-state index < -0.39 is 6.10 Å². The van der Waals surface area contributed by atoms with Crippen molar-refractivity contribution >= 4 is 17.5 Å². The van der Waals surface area contributed by atoms with Gasteiger partial charge in [0.25, 0.3) is 5.91 Å². The number of aromatic nitrogens is 2. The molecule has 2 aromatic rings. The van der Waals surface area contributed by atoms with Crippen LogP contribution in [0.1, 0.15) is 43.2 Å². The van der Waals surface area contributed by atoms with Gasteiger partial charge in [-0.3, -0.25) is 4.79 Å². The van der Waals surface area contributed by atoms with E-state index in [1.54, 1.807) is 29.2 Å². The van der Waals surface area contributed by atoms with Crippen molar-refractivity contribution in [2.75, 3.05) is 13.1 Å². The molecule has 1 amide bonds. The second kappa shape index (κ2) is 7.36. The molecule has 1 aromatic carbocycles. The molecule has 0 spiro atoms. The molecular weight excluding hydrogens is 326 g/mol. The molecule has 0 aliphatic carbocycles. The Balaban J connectivity index is 1.61. The summed E-state index contributed by atoms with van der Waals surface area (Å²) in [6.45, 7) is 4.30. The Morgan fingerprint density at radius 3 is 2.62 bits per heavy atom. The summed E-state index contributed by atoms with van der Waals surface area (Å²) in [6, 6.07) is 6.75. The molecule has 0 unspecified atom stereocenters. The molecule has 1 aliphatic rings. The molecular formula is C18H22ClN3O2. The molecule has 1 aromatic heterocycles. The molecule has 1 N–H and O–H groups in total. The third-order valence-corrected chi connectivity index (χ3v) is 4.93. The van der Waals surface area contributed by atoms with Crippen LogP contribution in [0.15, 0.2) is 36.7 Å². The normalized spacial score (nSPS) is 17.0. The minimum atomic E-state index is -1.13. The summed E-state index contributed by atoms with van der Waals surface area (Å²) in [7, 11) is 0. The number of carbonyl (C=O) groups excluding carboxylic acids is 1. The molecule has 1 atom stereocenters. The number of hydrogen-bond donors (Lipinski definition) is 1. The van der Waals surface area contributed by atoms with Gasteiger partial charge >= 0.3 is 0 Å². The molecule has 1 fully saturated rings. The van der Waals surface area contributed by atoms with E-state index in [2.05, 4.69) is 16.5 Å². The number of imidazole rings is 1. The Bertz CT molecular complexity index is 691. The summed E-state index contributed by atoms with van der Waals surface area (Å²) >= 11 is 5.85. The van der Waals surface area contributed by atoms with E-state index in [-0.39, 0.29) is 5.91 Å². The fraction of sp³-hybridized carbons (Fsp3) is 0.444. The van der Waals surface area contributed by atoms with Gasteiger partial charge in [0, 0.05) is 43.0 Å². The second-order valence-corrected chi connectivity index (χ2v) is 6.56. The zero-order valence-electron chi connectivity index (χ0n) is 13.7. The van der Waals surface area contributed by atoms with Crippen LogP contribution in [0.25, 0.3) is 0 Å².